The van der Waals surface area contributed by atoms with Gasteiger partial charge in [-0.05, 0) is 29.5 Å². The fourth-order valence-corrected chi connectivity index (χ4v) is 3.89. The normalized spacial score (nSPS) is 16.0. The van der Waals surface area contributed by atoms with Crippen LogP contribution in [0, 0.1) is 5.41 Å². The number of halogens is 3. The number of anilines is 1. The molecule has 1 aromatic heterocycles. The highest BCUT2D eigenvalue weighted by Gasteiger charge is 2.34. The van der Waals surface area contributed by atoms with E-state index in [0.29, 0.717) is 39.7 Å². The molecule has 0 saturated carbocycles. The van der Waals surface area contributed by atoms with E-state index in [1.165, 1.54) is 24.3 Å². The molecule has 28 heavy (non-hydrogen) atoms. The summed E-state index contributed by atoms with van der Waals surface area (Å²) in [4.78, 5) is 29.6. The molecule has 5 nitrogen and oxygen atoms in total. The topological polar surface area (TPSA) is 68.3 Å². The van der Waals surface area contributed by atoms with Crippen LogP contribution in [0.25, 0.3) is 0 Å². The van der Waals surface area contributed by atoms with Crippen molar-refractivity contribution in [3.8, 4) is 0 Å². The number of hydrogen-bond acceptors (Lipinski definition) is 5. The number of rotatable bonds is 5. The Balaban J connectivity index is 1.62. The summed E-state index contributed by atoms with van der Waals surface area (Å²) in [5.41, 5.74) is 1.42. The molecule has 0 atom stereocenters. The van der Waals surface area contributed by atoms with Crippen molar-refractivity contribution in [2.24, 2.45) is 5.41 Å². The van der Waals surface area contributed by atoms with Gasteiger partial charge in [-0.2, -0.15) is 13.2 Å². The average Bonchev–Trinajstić information content (AvgIpc) is 2.95. The molecule has 0 fully saturated rings. The summed E-state index contributed by atoms with van der Waals surface area (Å²) in [6.45, 7) is 2.49. The van der Waals surface area contributed by atoms with Crippen LogP contribution < -0.4 is 5.32 Å². The molecule has 150 valence electrons. The smallest absolute Gasteiger partial charge is 0.367 e. The van der Waals surface area contributed by atoms with Crippen molar-refractivity contribution in [1.82, 2.24) is 4.98 Å². The van der Waals surface area contributed by atoms with Gasteiger partial charge in [0.25, 0.3) is 5.91 Å². The molecule has 1 aromatic carbocycles. The molecule has 1 heterocycles. The second-order valence-corrected chi connectivity index (χ2v) is 8.49. The standard InChI is InChI=1S/C19H19F3N2O3S/c1-18(2)7-13-15(14(25)8-18)28-17(23-13)24-16(26)12-5-3-11(4-6-12)9-27-10-19(20,21)22/h3-6H,7-10H2,1-2H3,(H,23,24,26). The Morgan fingerprint density at radius 3 is 2.57 bits per heavy atom. The minimum atomic E-state index is -4.37. The first-order valence-electron chi connectivity index (χ1n) is 8.60. The molecule has 0 spiro atoms. The van der Waals surface area contributed by atoms with Crippen LogP contribution >= 0.6 is 11.3 Å². The average molecular weight is 412 g/mol. The number of alkyl halides is 3. The second kappa shape index (κ2) is 7.63. The van der Waals surface area contributed by atoms with Gasteiger partial charge in [-0.15, -0.1) is 0 Å². The molecule has 1 N–H and O–H groups in total. The Morgan fingerprint density at radius 1 is 1.25 bits per heavy atom. The molecular weight excluding hydrogens is 393 g/mol. The predicted octanol–water partition coefficient (Wildman–Crippen LogP) is 4.63. The van der Waals surface area contributed by atoms with Gasteiger partial charge in [-0.25, -0.2) is 4.98 Å². The van der Waals surface area contributed by atoms with E-state index < -0.39 is 18.7 Å². The summed E-state index contributed by atoms with van der Waals surface area (Å²) < 4.78 is 40.8. The van der Waals surface area contributed by atoms with Crippen molar-refractivity contribution in [2.75, 3.05) is 11.9 Å². The summed E-state index contributed by atoms with van der Waals surface area (Å²) in [6, 6.07) is 6.07. The van der Waals surface area contributed by atoms with E-state index >= 15 is 0 Å². The van der Waals surface area contributed by atoms with E-state index in [4.69, 9.17) is 0 Å². The van der Waals surface area contributed by atoms with Crippen LogP contribution in [0.15, 0.2) is 24.3 Å². The molecule has 2 aromatic rings. The van der Waals surface area contributed by atoms with Gasteiger partial charge in [-0.3, -0.25) is 14.9 Å². The zero-order valence-electron chi connectivity index (χ0n) is 15.4. The lowest BCUT2D eigenvalue weighted by Gasteiger charge is -2.26. The van der Waals surface area contributed by atoms with Gasteiger partial charge >= 0.3 is 6.18 Å². The number of benzene rings is 1. The molecule has 0 aliphatic heterocycles. The van der Waals surface area contributed by atoms with Gasteiger partial charge in [0, 0.05) is 12.0 Å². The summed E-state index contributed by atoms with van der Waals surface area (Å²) in [6.07, 6.45) is -3.25. The molecule has 1 amide bonds. The number of carbonyl (C=O) groups excluding carboxylic acids is 2. The number of hydrogen-bond donors (Lipinski definition) is 1. The highest BCUT2D eigenvalue weighted by Crippen LogP contribution is 2.38. The summed E-state index contributed by atoms with van der Waals surface area (Å²) in [5, 5.41) is 3.04. The number of nitrogens with one attached hydrogen (secondary N) is 1. The molecule has 0 radical (unpaired) electrons. The van der Waals surface area contributed by atoms with Gasteiger partial charge < -0.3 is 4.74 Å². The first-order chi connectivity index (χ1) is 13.0. The molecule has 1 aliphatic carbocycles. The van der Waals surface area contributed by atoms with Crippen LogP contribution in [0.2, 0.25) is 0 Å². The van der Waals surface area contributed by atoms with Crippen molar-refractivity contribution < 1.29 is 27.5 Å². The van der Waals surface area contributed by atoms with Gasteiger partial charge in [0.05, 0.1) is 17.2 Å². The van der Waals surface area contributed by atoms with E-state index in [1.807, 2.05) is 13.8 Å². The fraction of sp³-hybridized carbons (Fsp3) is 0.421. The van der Waals surface area contributed by atoms with Crippen LogP contribution in [0.3, 0.4) is 0 Å². The van der Waals surface area contributed by atoms with E-state index in [2.05, 4.69) is 15.0 Å². The lowest BCUT2D eigenvalue weighted by molar-refractivity contribution is -0.176. The molecule has 3 rings (SSSR count). The molecule has 0 bridgehead atoms. The first-order valence-corrected chi connectivity index (χ1v) is 9.42. The maximum Gasteiger partial charge on any atom is 0.411 e. The Kier molecular flexibility index (Phi) is 5.58. The number of Topliss-reactive ketones (excluding diaryl/α,β-unsaturated/α-hetero) is 1. The van der Waals surface area contributed by atoms with Crippen molar-refractivity contribution >= 4 is 28.2 Å². The van der Waals surface area contributed by atoms with Gasteiger partial charge in [0.15, 0.2) is 10.9 Å². The van der Waals surface area contributed by atoms with Gasteiger partial charge in [0.1, 0.15) is 6.61 Å². The van der Waals surface area contributed by atoms with E-state index in [1.54, 1.807) is 0 Å². The SMILES string of the molecule is CC1(C)CC(=O)c2sc(NC(=O)c3ccc(COCC(F)(F)F)cc3)nc2C1. The number of thiazole rings is 1. The number of ether oxygens (including phenoxy) is 1. The summed E-state index contributed by atoms with van der Waals surface area (Å²) in [5.74, 6) is -0.368. The zero-order valence-corrected chi connectivity index (χ0v) is 16.2. The van der Waals surface area contributed by atoms with Crippen LogP contribution in [-0.4, -0.2) is 29.5 Å². The maximum atomic E-state index is 12.4. The maximum absolute atomic E-state index is 12.4. The van der Waals surface area contributed by atoms with Gasteiger partial charge in [0.2, 0.25) is 0 Å². The Morgan fingerprint density at radius 2 is 1.93 bits per heavy atom. The largest absolute Gasteiger partial charge is 0.411 e. The monoisotopic (exact) mass is 412 g/mol. The Bertz CT molecular complexity index is 889. The van der Waals surface area contributed by atoms with E-state index in [9.17, 15) is 22.8 Å². The minimum Gasteiger partial charge on any atom is -0.367 e. The molecular formula is C19H19F3N2O3S. The number of carbonyl (C=O) groups is 2. The van der Waals surface area contributed by atoms with Crippen LogP contribution in [0.4, 0.5) is 18.3 Å². The molecule has 0 unspecified atom stereocenters. The van der Waals surface area contributed by atoms with Crippen LogP contribution in [0.5, 0.6) is 0 Å². The first kappa shape index (κ1) is 20.5. The number of ketones is 1. The lowest BCUT2D eigenvalue weighted by Crippen LogP contribution is -2.26. The minimum absolute atomic E-state index is 0.0347. The second-order valence-electron chi connectivity index (χ2n) is 7.49. The van der Waals surface area contributed by atoms with Crippen molar-refractivity contribution in [3.63, 3.8) is 0 Å². The third kappa shape index (κ3) is 5.17. The predicted molar refractivity (Wildman–Crippen MR) is 98.7 cm³/mol. The van der Waals surface area contributed by atoms with Crippen molar-refractivity contribution in [3.05, 3.63) is 46.0 Å². The van der Waals surface area contributed by atoms with Crippen molar-refractivity contribution in [2.45, 2.75) is 39.5 Å². The number of aromatic nitrogens is 1. The van der Waals surface area contributed by atoms with Crippen LogP contribution in [-0.2, 0) is 17.8 Å². The molecule has 0 saturated heterocycles. The number of fused-ring (bicyclic) bond motifs is 1. The van der Waals surface area contributed by atoms with Crippen LogP contribution in [0.1, 0.15) is 51.6 Å². The fourth-order valence-electron chi connectivity index (χ4n) is 2.98. The lowest BCUT2D eigenvalue weighted by atomic mass is 9.78. The highest BCUT2D eigenvalue weighted by molar-refractivity contribution is 7.17. The third-order valence-corrected chi connectivity index (χ3v) is 5.26. The third-order valence-electron chi connectivity index (χ3n) is 4.21. The quantitative estimate of drug-likeness (QED) is 0.778. The molecule has 1 aliphatic rings. The zero-order chi connectivity index (χ0) is 20.5. The Hall–Kier alpha value is -2.26. The molecule has 9 heteroatoms. The highest BCUT2D eigenvalue weighted by atomic mass is 32.1. The van der Waals surface area contributed by atoms with Crippen molar-refractivity contribution in [1.29, 1.82) is 0 Å². The van der Waals surface area contributed by atoms with E-state index in [0.717, 1.165) is 11.3 Å². The van der Waals surface area contributed by atoms with E-state index in [-0.39, 0.29) is 17.8 Å². The Labute approximate surface area is 163 Å². The number of amides is 1. The summed E-state index contributed by atoms with van der Waals surface area (Å²) in [7, 11) is 0. The summed E-state index contributed by atoms with van der Waals surface area (Å²) >= 11 is 1.16. The van der Waals surface area contributed by atoms with Gasteiger partial charge in [-0.1, -0.05) is 37.3 Å². The number of nitrogens with zero attached hydrogens (tertiary/aromatic N) is 1.